The molecule has 4 aromatic rings. The van der Waals surface area contributed by atoms with Gasteiger partial charge in [0.1, 0.15) is 0 Å². The summed E-state index contributed by atoms with van der Waals surface area (Å²) in [4.78, 5) is 12.1. The van der Waals surface area contributed by atoms with Crippen molar-refractivity contribution in [1.82, 2.24) is 24.5 Å². The van der Waals surface area contributed by atoms with Gasteiger partial charge in [0, 0.05) is 24.8 Å². The van der Waals surface area contributed by atoms with E-state index in [1.54, 1.807) is 6.26 Å². The highest BCUT2D eigenvalue weighted by atomic mass is 16.3. The number of piperidine rings is 1. The number of nitrogens with one attached hydrogen (secondary N) is 1. The highest BCUT2D eigenvalue weighted by Crippen LogP contribution is 2.25. The van der Waals surface area contributed by atoms with Crippen molar-refractivity contribution in [1.29, 1.82) is 0 Å². The van der Waals surface area contributed by atoms with Gasteiger partial charge in [-0.25, -0.2) is 9.97 Å². The molecule has 0 unspecified atom stereocenters. The molecule has 0 aliphatic carbocycles. The SMILES string of the molecule is CC(C)CCNc1ncc(CN2CCC(Cc3ccccc3)CC2)c2nc(-c3ccco3)nn12. The second-order valence-corrected chi connectivity index (χ2v) is 9.77. The van der Waals surface area contributed by atoms with E-state index in [1.807, 2.05) is 22.8 Å². The van der Waals surface area contributed by atoms with Gasteiger partial charge in [0.15, 0.2) is 11.4 Å². The standard InChI is InChI=1S/C27H34N6O/c1-20(2)10-13-28-27-29-18-23(26-30-25(31-33(26)27)24-9-6-16-34-24)19-32-14-11-22(12-15-32)17-21-7-4-3-5-8-21/h3-9,16,18,20,22H,10-15,17,19H2,1-2H3,(H,28,29). The zero-order chi connectivity index (χ0) is 23.3. The largest absolute Gasteiger partial charge is 0.461 e. The molecule has 34 heavy (non-hydrogen) atoms. The van der Waals surface area contributed by atoms with E-state index in [9.17, 15) is 0 Å². The molecule has 7 heteroatoms. The number of fused-ring (bicyclic) bond motifs is 1. The van der Waals surface area contributed by atoms with Crippen LogP contribution in [0.4, 0.5) is 5.95 Å². The summed E-state index contributed by atoms with van der Waals surface area (Å²) in [5, 5.41) is 8.18. The lowest BCUT2D eigenvalue weighted by Crippen LogP contribution is -2.34. The second kappa shape index (κ2) is 10.4. The highest BCUT2D eigenvalue weighted by Gasteiger charge is 2.22. The minimum absolute atomic E-state index is 0.590. The molecule has 5 rings (SSSR count). The van der Waals surface area contributed by atoms with E-state index in [-0.39, 0.29) is 0 Å². The van der Waals surface area contributed by atoms with E-state index >= 15 is 0 Å². The molecule has 1 aliphatic heterocycles. The van der Waals surface area contributed by atoms with Gasteiger partial charge < -0.3 is 9.73 Å². The number of nitrogens with zero attached hydrogens (tertiary/aromatic N) is 5. The Kier molecular flexibility index (Phi) is 6.90. The summed E-state index contributed by atoms with van der Waals surface area (Å²) in [6, 6.07) is 14.6. The fourth-order valence-electron chi connectivity index (χ4n) is 4.67. The van der Waals surface area contributed by atoms with Gasteiger partial charge in [0.2, 0.25) is 11.8 Å². The van der Waals surface area contributed by atoms with Crippen molar-refractivity contribution in [3.8, 4) is 11.6 Å². The quantitative estimate of drug-likeness (QED) is 0.367. The van der Waals surface area contributed by atoms with Crippen molar-refractivity contribution >= 4 is 11.6 Å². The van der Waals surface area contributed by atoms with Crippen molar-refractivity contribution in [3.05, 3.63) is 66.1 Å². The Hall–Kier alpha value is -3.19. The second-order valence-electron chi connectivity index (χ2n) is 9.77. The molecule has 178 valence electrons. The Morgan fingerprint density at radius 2 is 1.91 bits per heavy atom. The predicted octanol–water partition coefficient (Wildman–Crippen LogP) is 5.30. The number of hydrogen-bond donors (Lipinski definition) is 1. The lowest BCUT2D eigenvalue weighted by atomic mass is 9.90. The topological polar surface area (TPSA) is 71.5 Å². The van der Waals surface area contributed by atoms with Gasteiger partial charge >= 0.3 is 0 Å². The molecular formula is C27H34N6O. The van der Waals surface area contributed by atoms with Crippen LogP contribution in [0, 0.1) is 11.8 Å². The van der Waals surface area contributed by atoms with Crippen LogP contribution in [0.2, 0.25) is 0 Å². The zero-order valence-electron chi connectivity index (χ0n) is 20.2. The minimum atomic E-state index is 0.590. The average Bonchev–Trinajstić information content (AvgIpc) is 3.53. The van der Waals surface area contributed by atoms with Gasteiger partial charge in [-0.15, -0.1) is 5.10 Å². The van der Waals surface area contributed by atoms with Crippen molar-refractivity contribution in [3.63, 3.8) is 0 Å². The Morgan fingerprint density at radius 3 is 2.65 bits per heavy atom. The monoisotopic (exact) mass is 458 g/mol. The first-order valence-electron chi connectivity index (χ1n) is 12.4. The van der Waals surface area contributed by atoms with Crippen molar-refractivity contribution in [2.45, 2.75) is 46.1 Å². The molecule has 0 radical (unpaired) electrons. The molecule has 0 bridgehead atoms. The first-order valence-corrected chi connectivity index (χ1v) is 12.4. The third-order valence-electron chi connectivity index (χ3n) is 6.65. The molecular weight excluding hydrogens is 424 g/mol. The summed E-state index contributed by atoms with van der Waals surface area (Å²) in [5.41, 5.74) is 3.39. The van der Waals surface area contributed by atoms with Crippen LogP contribution in [0.5, 0.6) is 0 Å². The first kappa shape index (κ1) is 22.6. The molecule has 4 heterocycles. The normalized spacial score (nSPS) is 15.4. The summed E-state index contributed by atoms with van der Waals surface area (Å²) in [7, 11) is 0. The number of rotatable bonds is 9. The first-order chi connectivity index (χ1) is 16.7. The van der Waals surface area contributed by atoms with Crippen LogP contribution in [0.1, 0.15) is 44.2 Å². The van der Waals surface area contributed by atoms with E-state index in [1.165, 1.54) is 24.8 Å². The van der Waals surface area contributed by atoms with Crippen LogP contribution in [0.25, 0.3) is 17.2 Å². The number of likely N-dealkylation sites (tertiary alicyclic amines) is 1. The third kappa shape index (κ3) is 5.30. The molecule has 1 aromatic carbocycles. The molecule has 0 saturated carbocycles. The maximum absolute atomic E-state index is 5.56. The maximum Gasteiger partial charge on any atom is 0.225 e. The van der Waals surface area contributed by atoms with Crippen LogP contribution in [-0.2, 0) is 13.0 Å². The van der Waals surface area contributed by atoms with Crippen LogP contribution in [0.15, 0.2) is 59.3 Å². The lowest BCUT2D eigenvalue weighted by molar-refractivity contribution is 0.177. The van der Waals surface area contributed by atoms with E-state index in [0.29, 0.717) is 17.5 Å². The third-order valence-corrected chi connectivity index (χ3v) is 6.65. The predicted molar refractivity (Wildman–Crippen MR) is 135 cm³/mol. The molecule has 1 fully saturated rings. The number of anilines is 1. The van der Waals surface area contributed by atoms with Crippen LogP contribution >= 0.6 is 0 Å². The Morgan fingerprint density at radius 1 is 1.09 bits per heavy atom. The summed E-state index contributed by atoms with van der Waals surface area (Å²) in [5.74, 6) is 3.37. The van der Waals surface area contributed by atoms with Crippen molar-refractivity contribution in [2.24, 2.45) is 11.8 Å². The Balaban J connectivity index is 1.31. The Labute approximate surface area is 201 Å². The zero-order valence-corrected chi connectivity index (χ0v) is 20.2. The summed E-state index contributed by atoms with van der Waals surface area (Å²) in [6.07, 6.45) is 8.30. The van der Waals surface area contributed by atoms with E-state index in [4.69, 9.17) is 19.5 Å². The van der Waals surface area contributed by atoms with Crippen molar-refractivity contribution < 1.29 is 4.42 Å². The van der Waals surface area contributed by atoms with Gasteiger partial charge in [-0.1, -0.05) is 44.2 Å². The summed E-state index contributed by atoms with van der Waals surface area (Å²) < 4.78 is 7.41. The van der Waals surface area contributed by atoms with E-state index in [2.05, 4.69) is 54.4 Å². The van der Waals surface area contributed by atoms with Gasteiger partial charge in [-0.2, -0.15) is 4.52 Å². The molecule has 1 aliphatic rings. The molecule has 7 nitrogen and oxygen atoms in total. The Bertz CT molecular complexity index is 1180. The van der Waals surface area contributed by atoms with Crippen molar-refractivity contribution in [2.75, 3.05) is 25.0 Å². The molecule has 1 N–H and O–H groups in total. The number of benzene rings is 1. The minimum Gasteiger partial charge on any atom is -0.461 e. The molecule has 0 amide bonds. The van der Waals surface area contributed by atoms with Gasteiger partial charge in [-0.05, 0) is 68.3 Å². The van der Waals surface area contributed by atoms with Crippen LogP contribution in [-0.4, -0.2) is 44.1 Å². The average molecular weight is 459 g/mol. The van der Waals surface area contributed by atoms with E-state index < -0.39 is 0 Å². The maximum atomic E-state index is 5.56. The number of aromatic nitrogens is 4. The molecule has 1 saturated heterocycles. The van der Waals surface area contributed by atoms with Gasteiger partial charge in [-0.3, -0.25) is 4.90 Å². The fraction of sp³-hybridized carbons (Fsp3) is 0.444. The highest BCUT2D eigenvalue weighted by molar-refractivity contribution is 5.57. The molecule has 3 aromatic heterocycles. The fourth-order valence-corrected chi connectivity index (χ4v) is 4.67. The van der Waals surface area contributed by atoms with Gasteiger partial charge in [0.05, 0.1) is 6.26 Å². The van der Waals surface area contributed by atoms with Gasteiger partial charge in [0.25, 0.3) is 0 Å². The molecule has 0 atom stereocenters. The molecule has 0 spiro atoms. The summed E-state index contributed by atoms with van der Waals surface area (Å²) >= 11 is 0. The van der Waals surface area contributed by atoms with Crippen LogP contribution in [0.3, 0.4) is 0 Å². The lowest BCUT2D eigenvalue weighted by Gasteiger charge is -2.32. The van der Waals surface area contributed by atoms with E-state index in [0.717, 1.165) is 55.7 Å². The number of furan rings is 1. The smallest absolute Gasteiger partial charge is 0.225 e. The number of hydrogen-bond acceptors (Lipinski definition) is 6. The van der Waals surface area contributed by atoms with Crippen LogP contribution < -0.4 is 5.32 Å². The summed E-state index contributed by atoms with van der Waals surface area (Å²) in [6.45, 7) is 8.32.